The minimum Gasteiger partial charge on any atom is -0.481 e. The standard InChI is InChI=1S/C9H17N3O5S/c10-18(16,17)4-3-11-9(15)12-7-2-1-6(5-7)8(13)14/h6-7H,1-5H2,(H,13,14)(H2,10,16,17)(H2,11,12,15)/t6-,7+/m1/s1. The maximum atomic E-state index is 11.4. The number of primary sulfonamides is 1. The molecule has 0 saturated heterocycles. The first kappa shape index (κ1) is 14.7. The Bertz CT molecular complexity index is 422. The van der Waals surface area contributed by atoms with Crippen molar-refractivity contribution in [2.24, 2.45) is 11.1 Å². The van der Waals surface area contributed by atoms with E-state index in [0.717, 1.165) is 0 Å². The predicted octanol–water partition coefficient (Wildman–Crippen LogP) is -1.17. The Labute approximate surface area is 105 Å². The molecule has 0 aromatic carbocycles. The van der Waals surface area contributed by atoms with E-state index in [1.807, 2.05) is 0 Å². The average molecular weight is 279 g/mol. The summed E-state index contributed by atoms with van der Waals surface area (Å²) in [5.74, 6) is -1.60. The molecule has 1 fully saturated rings. The first-order valence-electron chi connectivity index (χ1n) is 5.55. The van der Waals surface area contributed by atoms with Gasteiger partial charge in [0.15, 0.2) is 0 Å². The van der Waals surface area contributed by atoms with Crippen molar-refractivity contribution in [3.05, 3.63) is 0 Å². The van der Waals surface area contributed by atoms with E-state index in [4.69, 9.17) is 10.2 Å². The zero-order chi connectivity index (χ0) is 13.8. The number of amides is 2. The van der Waals surface area contributed by atoms with Crippen LogP contribution in [0.4, 0.5) is 4.79 Å². The van der Waals surface area contributed by atoms with E-state index in [9.17, 15) is 18.0 Å². The molecule has 2 atom stereocenters. The fraction of sp³-hybridized carbons (Fsp3) is 0.778. The number of sulfonamides is 1. The molecule has 0 bridgehead atoms. The third kappa shape index (κ3) is 5.32. The SMILES string of the molecule is NS(=O)(=O)CCNC(=O)N[C@H]1CC[C@@H](C(=O)O)C1. The molecule has 9 heteroatoms. The fourth-order valence-corrected chi connectivity index (χ4v) is 2.27. The number of urea groups is 1. The fourth-order valence-electron chi connectivity index (χ4n) is 1.88. The summed E-state index contributed by atoms with van der Waals surface area (Å²) in [6, 6.07) is -0.685. The molecule has 0 aromatic rings. The van der Waals surface area contributed by atoms with Gasteiger partial charge in [0.1, 0.15) is 0 Å². The van der Waals surface area contributed by atoms with Gasteiger partial charge in [-0.1, -0.05) is 0 Å². The van der Waals surface area contributed by atoms with Crippen molar-refractivity contribution >= 4 is 22.0 Å². The number of carboxylic acid groups (broad SMARTS) is 1. The molecule has 0 radical (unpaired) electrons. The van der Waals surface area contributed by atoms with E-state index in [1.54, 1.807) is 0 Å². The highest BCUT2D eigenvalue weighted by Gasteiger charge is 2.30. The van der Waals surface area contributed by atoms with Crippen LogP contribution in [0.2, 0.25) is 0 Å². The number of carbonyl (C=O) groups excluding carboxylic acids is 1. The first-order valence-corrected chi connectivity index (χ1v) is 7.27. The molecule has 2 amide bonds. The second-order valence-electron chi connectivity index (χ2n) is 4.31. The van der Waals surface area contributed by atoms with Crippen molar-refractivity contribution in [3.8, 4) is 0 Å². The molecule has 0 aliphatic heterocycles. The highest BCUT2D eigenvalue weighted by molar-refractivity contribution is 7.89. The van der Waals surface area contributed by atoms with Crippen LogP contribution in [-0.4, -0.2) is 43.9 Å². The molecular formula is C9H17N3O5S. The molecule has 104 valence electrons. The minimum absolute atomic E-state index is 0.0697. The van der Waals surface area contributed by atoms with Gasteiger partial charge >= 0.3 is 12.0 Å². The molecule has 0 aromatic heterocycles. The van der Waals surface area contributed by atoms with E-state index in [0.29, 0.717) is 19.3 Å². The van der Waals surface area contributed by atoms with E-state index in [2.05, 4.69) is 10.6 Å². The largest absolute Gasteiger partial charge is 0.481 e. The topological polar surface area (TPSA) is 139 Å². The van der Waals surface area contributed by atoms with Crippen molar-refractivity contribution in [1.29, 1.82) is 0 Å². The molecule has 18 heavy (non-hydrogen) atoms. The second kappa shape index (κ2) is 6.01. The molecule has 1 aliphatic carbocycles. The van der Waals surface area contributed by atoms with Crippen LogP contribution < -0.4 is 15.8 Å². The number of hydrogen-bond acceptors (Lipinski definition) is 4. The third-order valence-corrected chi connectivity index (χ3v) is 3.56. The number of aliphatic carboxylic acids is 1. The summed E-state index contributed by atoms with van der Waals surface area (Å²) in [4.78, 5) is 22.1. The van der Waals surface area contributed by atoms with Crippen LogP contribution in [-0.2, 0) is 14.8 Å². The van der Waals surface area contributed by atoms with Crippen LogP contribution in [0.15, 0.2) is 0 Å². The molecular weight excluding hydrogens is 262 g/mol. The lowest BCUT2D eigenvalue weighted by atomic mass is 10.1. The van der Waals surface area contributed by atoms with Crippen LogP contribution >= 0.6 is 0 Å². The summed E-state index contributed by atoms with van der Waals surface area (Å²) in [6.07, 6.45) is 1.55. The number of nitrogens with two attached hydrogens (primary N) is 1. The number of carbonyl (C=O) groups is 2. The third-order valence-electron chi connectivity index (χ3n) is 2.79. The lowest BCUT2D eigenvalue weighted by Crippen LogP contribution is -2.43. The van der Waals surface area contributed by atoms with Crippen LogP contribution in [0.1, 0.15) is 19.3 Å². The Hall–Kier alpha value is -1.35. The van der Waals surface area contributed by atoms with Crippen LogP contribution in [0, 0.1) is 5.92 Å². The smallest absolute Gasteiger partial charge is 0.315 e. The van der Waals surface area contributed by atoms with E-state index >= 15 is 0 Å². The van der Waals surface area contributed by atoms with Crippen LogP contribution in [0.5, 0.6) is 0 Å². The molecule has 1 saturated carbocycles. The van der Waals surface area contributed by atoms with Crippen LogP contribution in [0.25, 0.3) is 0 Å². The van der Waals surface area contributed by atoms with Gasteiger partial charge in [-0.3, -0.25) is 4.79 Å². The molecule has 0 heterocycles. The number of rotatable bonds is 5. The summed E-state index contributed by atoms with van der Waals surface area (Å²) in [6.45, 7) is -0.0697. The lowest BCUT2D eigenvalue weighted by Gasteiger charge is -2.13. The average Bonchev–Trinajstić information content (AvgIpc) is 2.64. The van der Waals surface area contributed by atoms with E-state index in [1.165, 1.54) is 0 Å². The van der Waals surface area contributed by atoms with Crippen LogP contribution in [0.3, 0.4) is 0 Å². The quantitative estimate of drug-likeness (QED) is 0.502. The summed E-state index contributed by atoms with van der Waals surface area (Å²) in [5.41, 5.74) is 0. The lowest BCUT2D eigenvalue weighted by molar-refractivity contribution is -0.141. The van der Waals surface area contributed by atoms with Gasteiger partial charge in [0.2, 0.25) is 10.0 Å². The maximum absolute atomic E-state index is 11.4. The maximum Gasteiger partial charge on any atom is 0.315 e. The van der Waals surface area contributed by atoms with Gasteiger partial charge in [0, 0.05) is 12.6 Å². The van der Waals surface area contributed by atoms with Gasteiger partial charge < -0.3 is 15.7 Å². The molecule has 0 unspecified atom stereocenters. The summed E-state index contributed by atoms with van der Waals surface area (Å²) >= 11 is 0. The molecule has 5 N–H and O–H groups in total. The zero-order valence-corrected chi connectivity index (χ0v) is 10.6. The van der Waals surface area contributed by atoms with Crippen molar-refractivity contribution < 1.29 is 23.1 Å². The van der Waals surface area contributed by atoms with Gasteiger partial charge in [0.05, 0.1) is 11.7 Å². The molecule has 1 rings (SSSR count). The number of carboxylic acids is 1. The minimum atomic E-state index is -3.59. The Morgan fingerprint density at radius 2 is 2.00 bits per heavy atom. The van der Waals surface area contributed by atoms with Crippen molar-refractivity contribution in [2.75, 3.05) is 12.3 Å². The summed E-state index contributed by atoms with van der Waals surface area (Å²) < 4.78 is 21.2. The molecule has 8 nitrogen and oxygen atoms in total. The van der Waals surface area contributed by atoms with Gasteiger partial charge in [0.25, 0.3) is 0 Å². The normalized spacial score (nSPS) is 23.6. The van der Waals surface area contributed by atoms with Gasteiger partial charge in [-0.05, 0) is 19.3 Å². The molecule has 1 aliphatic rings. The van der Waals surface area contributed by atoms with Gasteiger partial charge in [-0.25, -0.2) is 18.4 Å². The molecule has 0 spiro atoms. The highest BCUT2D eigenvalue weighted by Crippen LogP contribution is 2.25. The van der Waals surface area contributed by atoms with E-state index in [-0.39, 0.29) is 18.3 Å². The van der Waals surface area contributed by atoms with Gasteiger partial charge in [-0.2, -0.15) is 0 Å². The second-order valence-corrected chi connectivity index (χ2v) is 6.05. The van der Waals surface area contributed by atoms with Crippen molar-refractivity contribution in [1.82, 2.24) is 10.6 Å². The zero-order valence-electron chi connectivity index (χ0n) is 9.76. The van der Waals surface area contributed by atoms with Crippen molar-refractivity contribution in [2.45, 2.75) is 25.3 Å². The van der Waals surface area contributed by atoms with Gasteiger partial charge in [-0.15, -0.1) is 0 Å². The van der Waals surface area contributed by atoms with Crippen molar-refractivity contribution in [3.63, 3.8) is 0 Å². The predicted molar refractivity (Wildman–Crippen MR) is 63.3 cm³/mol. The number of hydrogen-bond donors (Lipinski definition) is 4. The summed E-state index contributed by atoms with van der Waals surface area (Å²) in [5, 5.41) is 18.5. The Kier molecular flexibility index (Phi) is 4.91. The highest BCUT2D eigenvalue weighted by atomic mass is 32.2. The van der Waals surface area contributed by atoms with E-state index < -0.39 is 27.9 Å². The summed E-state index contributed by atoms with van der Waals surface area (Å²) in [7, 11) is -3.59. The Balaban J connectivity index is 2.23. The Morgan fingerprint density at radius 1 is 1.33 bits per heavy atom. The first-order chi connectivity index (χ1) is 8.28. The monoisotopic (exact) mass is 279 g/mol. The Morgan fingerprint density at radius 3 is 2.50 bits per heavy atom. The number of nitrogens with one attached hydrogen (secondary N) is 2.